The van der Waals surface area contributed by atoms with E-state index in [1.54, 1.807) is 6.08 Å². The summed E-state index contributed by atoms with van der Waals surface area (Å²) in [6.45, 7) is 3.99. The second-order valence-corrected chi connectivity index (χ2v) is 13.9. The van der Waals surface area contributed by atoms with Crippen LogP contribution >= 0.6 is 7.82 Å². The van der Waals surface area contributed by atoms with Crippen LogP contribution < -0.4 is 11.1 Å². The third-order valence-electron chi connectivity index (χ3n) is 7.77. The van der Waals surface area contributed by atoms with E-state index < -0.39 is 20.0 Å². The van der Waals surface area contributed by atoms with Gasteiger partial charge in [0.15, 0.2) is 0 Å². The van der Waals surface area contributed by atoms with Crippen molar-refractivity contribution in [1.29, 1.82) is 0 Å². The molecule has 1 amide bonds. The summed E-state index contributed by atoms with van der Waals surface area (Å²) in [4.78, 5) is 22.6. The second-order valence-electron chi connectivity index (χ2n) is 12.4. The molecule has 0 aliphatic heterocycles. The van der Waals surface area contributed by atoms with Crippen molar-refractivity contribution in [2.45, 2.75) is 161 Å². The van der Waals surface area contributed by atoms with Crippen LogP contribution in [-0.4, -0.2) is 47.8 Å². The zero-order chi connectivity index (χ0) is 35.4. The molecule has 278 valence electrons. The summed E-state index contributed by atoms with van der Waals surface area (Å²) in [5.74, 6) is -0.227. The van der Waals surface area contributed by atoms with Crippen LogP contribution in [0, 0.1) is 0 Å². The first kappa shape index (κ1) is 46.2. The van der Waals surface area contributed by atoms with Crippen LogP contribution in [0.25, 0.3) is 0 Å². The molecular weight excluding hydrogens is 623 g/mol. The maximum absolute atomic E-state index is 12.7. The quantitative estimate of drug-likeness (QED) is 0.0300. The first-order valence-electron chi connectivity index (χ1n) is 18.9. The van der Waals surface area contributed by atoms with Crippen molar-refractivity contribution < 1.29 is 28.4 Å². The summed E-state index contributed by atoms with van der Waals surface area (Å²) in [5.41, 5.74) is 5.35. The molecule has 0 aromatic carbocycles. The van der Waals surface area contributed by atoms with Gasteiger partial charge in [-0.15, -0.1) is 0 Å². The summed E-state index contributed by atoms with van der Waals surface area (Å²) in [5, 5.41) is 13.6. The molecule has 0 aromatic heterocycles. The molecule has 0 aliphatic carbocycles. The lowest BCUT2D eigenvalue weighted by Gasteiger charge is -2.23. The predicted octanol–water partition coefficient (Wildman–Crippen LogP) is 9.94. The molecule has 0 saturated carbocycles. The average molecular weight is 695 g/mol. The standard InChI is InChI=1S/C39H71N2O6P/c1-3-5-7-9-11-13-15-17-18-19-21-22-24-26-28-30-32-38(42)37(36-47-48(44,45)46-35-34-40)41-39(43)33-31-29-27-25-23-20-16-14-12-10-8-6-4-2/h8,10,14,16-18,22,24,30,32,37-38,42H,3-7,9,11-13,15,19-21,23,25-29,31,33-36,40H2,1-2H3,(H,41,43)(H,44,45)/b10-8-,16-14-,18-17+,24-22+,32-30+. The molecule has 0 fully saturated rings. The van der Waals surface area contributed by atoms with Gasteiger partial charge in [0.05, 0.1) is 25.4 Å². The van der Waals surface area contributed by atoms with E-state index in [1.165, 1.54) is 51.4 Å². The Morgan fingerprint density at radius 2 is 1.21 bits per heavy atom. The fourth-order valence-electron chi connectivity index (χ4n) is 4.90. The fourth-order valence-corrected chi connectivity index (χ4v) is 5.66. The van der Waals surface area contributed by atoms with E-state index in [4.69, 9.17) is 14.8 Å². The molecule has 0 saturated heterocycles. The molecule has 8 nitrogen and oxygen atoms in total. The van der Waals surface area contributed by atoms with Crippen molar-refractivity contribution >= 4 is 13.7 Å². The Balaban J connectivity index is 4.45. The van der Waals surface area contributed by atoms with Crippen molar-refractivity contribution in [3.8, 4) is 0 Å². The Labute approximate surface area is 294 Å². The van der Waals surface area contributed by atoms with Gasteiger partial charge in [0.1, 0.15) is 0 Å². The Morgan fingerprint density at radius 3 is 1.81 bits per heavy atom. The van der Waals surface area contributed by atoms with E-state index in [1.807, 2.05) is 6.08 Å². The van der Waals surface area contributed by atoms with E-state index in [0.29, 0.717) is 6.42 Å². The van der Waals surface area contributed by atoms with Crippen LogP contribution in [0.2, 0.25) is 0 Å². The molecule has 0 rings (SSSR count). The minimum absolute atomic E-state index is 0.0667. The van der Waals surface area contributed by atoms with Crippen LogP contribution in [0.4, 0.5) is 0 Å². The van der Waals surface area contributed by atoms with E-state index in [2.05, 4.69) is 67.8 Å². The summed E-state index contributed by atoms with van der Waals surface area (Å²) in [6.07, 6.45) is 42.6. The molecule has 3 atom stereocenters. The lowest BCUT2D eigenvalue weighted by atomic mass is 10.1. The van der Waals surface area contributed by atoms with E-state index in [9.17, 15) is 19.4 Å². The smallest absolute Gasteiger partial charge is 0.387 e. The predicted molar refractivity (Wildman–Crippen MR) is 203 cm³/mol. The molecule has 0 aliphatic rings. The van der Waals surface area contributed by atoms with Gasteiger partial charge in [-0.05, 0) is 70.6 Å². The van der Waals surface area contributed by atoms with Crippen molar-refractivity contribution in [3.63, 3.8) is 0 Å². The van der Waals surface area contributed by atoms with Crippen LogP contribution in [0.1, 0.15) is 149 Å². The molecule has 0 heterocycles. The van der Waals surface area contributed by atoms with Gasteiger partial charge in [-0.3, -0.25) is 13.8 Å². The number of hydrogen-bond acceptors (Lipinski definition) is 6. The van der Waals surface area contributed by atoms with Crippen molar-refractivity contribution in [2.24, 2.45) is 5.73 Å². The van der Waals surface area contributed by atoms with Gasteiger partial charge in [0.25, 0.3) is 0 Å². The lowest BCUT2D eigenvalue weighted by molar-refractivity contribution is -0.123. The SMILES string of the molecule is CCC/C=C\C/C=C\CCCCCCCC(=O)NC(COP(=O)(O)OCCN)C(O)/C=C/CC/C=C/CC/C=C/CCCCCCCC. The third kappa shape index (κ3) is 32.7. The van der Waals surface area contributed by atoms with Crippen molar-refractivity contribution in [2.75, 3.05) is 19.8 Å². The monoisotopic (exact) mass is 695 g/mol. The molecular formula is C39H71N2O6P. The largest absolute Gasteiger partial charge is 0.472 e. The van der Waals surface area contributed by atoms with E-state index >= 15 is 0 Å². The number of nitrogens with one attached hydrogen (secondary N) is 1. The topological polar surface area (TPSA) is 131 Å². The highest BCUT2D eigenvalue weighted by atomic mass is 31.2. The zero-order valence-electron chi connectivity index (χ0n) is 30.5. The third-order valence-corrected chi connectivity index (χ3v) is 8.76. The van der Waals surface area contributed by atoms with Crippen LogP contribution in [-0.2, 0) is 18.4 Å². The molecule has 0 bridgehead atoms. The highest BCUT2D eigenvalue weighted by Gasteiger charge is 2.26. The summed E-state index contributed by atoms with van der Waals surface area (Å²) in [6, 6.07) is -0.891. The van der Waals surface area contributed by atoms with Gasteiger partial charge in [-0.25, -0.2) is 4.57 Å². The number of phosphoric acid groups is 1. The first-order valence-corrected chi connectivity index (χ1v) is 20.4. The number of carbonyl (C=O) groups excluding carboxylic acids is 1. The normalized spacial score (nSPS) is 15.0. The van der Waals surface area contributed by atoms with Gasteiger partial charge in [-0.1, -0.05) is 132 Å². The van der Waals surface area contributed by atoms with Crippen LogP contribution in [0.5, 0.6) is 0 Å². The van der Waals surface area contributed by atoms with Gasteiger partial charge in [0, 0.05) is 13.0 Å². The summed E-state index contributed by atoms with van der Waals surface area (Å²) >= 11 is 0. The number of amides is 1. The van der Waals surface area contributed by atoms with Crippen molar-refractivity contribution in [3.05, 3.63) is 60.8 Å². The second kappa shape index (κ2) is 35.0. The number of nitrogens with two attached hydrogens (primary N) is 1. The number of allylic oxidation sites excluding steroid dienone is 9. The van der Waals surface area contributed by atoms with E-state index in [-0.39, 0.29) is 25.7 Å². The molecule has 0 radical (unpaired) electrons. The van der Waals surface area contributed by atoms with Crippen LogP contribution in [0.15, 0.2) is 60.8 Å². The minimum Gasteiger partial charge on any atom is -0.387 e. The Bertz CT molecular complexity index is 933. The minimum atomic E-state index is -4.35. The highest BCUT2D eigenvalue weighted by molar-refractivity contribution is 7.47. The van der Waals surface area contributed by atoms with E-state index in [0.717, 1.165) is 77.0 Å². The molecule has 5 N–H and O–H groups in total. The van der Waals surface area contributed by atoms with Gasteiger partial charge in [-0.2, -0.15) is 0 Å². The molecule has 3 unspecified atom stereocenters. The maximum atomic E-state index is 12.7. The van der Waals surface area contributed by atoms with Gasteiger partial charge >= 0.3 is 7.82 Å². The number of phosphoric ester groups is 1. The molecule has 0 spiro atoms. The number of unbranched alkanes of at least 4 members (excludes halogenated alkanes) is 14. The zero-order valence-corrected chi connectivity index (χ0v) is 31.3. The van der Waals surface area contributed by atoms with Gasteiger partial charge < -0.3 is 21.1 Å². The summed E-state index contributed by atoms with van der Waals surface area (Å²) in [7, 11) is -4.35. The van der Waals surface area contributed by atoms with Gasteiger partial charge in [0.2, 0.25) is 5.91 Å². The summed E-state index contributed by atoms with van der Waals surface area (Å²) < 4.78 is 22.0. The van der Waals surface area contributed by atoms with Crippen molar-refractivity contribution in [1.82, 2.24) is 5.32 Å². The average Bonchev–Trinajstić information content (AvgIpc) is 3.07. The maximum Gasteiger partial charge on any atom is 0.472 e. The molecule has 0 aromatic rings. The lowest BCUT2D eigenvalue weighted by Crippen LogP contribution is -2.45. The molecule has 9 heteroatoms. The number of carbonyl (C=O) groups is 1. The number of aliphatic hydroxyl groups excluding tert-OH is 1. The highest BCUT2D eigenvalue weighted by Crippen LogP contribution is 2.43. The fraction of sp³-hybridized carbons (Fsp3) is 0.718. The number of aliphatic hydroxyl groups is 1. The number of hydrogen-bond donors (Lipinski definition) is 4. The Kier molecular flexibility index (Phi) is 33.7. The first-order chi connectivity index (χ1) is 23.4. The molecule has 48 heavy (non-hydrogen) atoms. The number of rotatable bonds is 34. The Morgan fingerprint density at radius 1 is 0.688 bits per heavy atom. The van der Waals surface area contributed by atoms with Crippen LogP contribution in [0.3, 0.4) is 0 Å². The Hall–Kier alpha value is -1.80.